The van der Waals surface area contributed by atoms with Gasteiger partial charge in [-0.15, -0.1) is 0 Å². The second-order valence-electron chi connectivity index (χ2n) is 5.11. The van der Waals surface area contributed by atoms with Crippen molar-refractivity contribution in [3.63, 3.8) is 0 Å². The normalized spacial score (nSPS) is 12.4. The number of aliphatic hydroxyl groups is 1. The summed E-state index contributed by atoms with van der Waals surface area (Å²) >= 11 is 0. The van der Waals surface area contributed by atoms with E-state index in [1.54, 1.807) is 0 Å². The standard InChI is InChI=1S/C14H22FNO4S/c1-10(2)20-6-5-16(4)21(18,19)14-8-12(9-17)7-13(15)11(14)3/h7-8,10,17H,5-6,9H2,1-4H3. The molecule has 0 heterocycles. The van der Waals surface area contributed by atoms with Crippen molar-refractivity contribution >= 4 is 10.0 Å². The van der Waals surface area contributed by atoms with Crippen molar-refractivity contribution < 1.29 is 22.7 Å². The van der Waals surface area contributed by atoms with Crippen LogP contribution in [0, 0.1) is 12.7 Å². The Balaban J connectivity index is 3.04. The average Bonchev–Trinajstić information content (AvgIpc) is 2.40. The highest BCUT2D eigenvalue weighted by Crippen LogP contribution is 2.23. The fourth-order valence-corrected chi connectivity index (χ4v) is 3.21. The average molecular weight is 319 g/mol. The topological polar surface area (TPSA) is 66.8 Å². The summed E-state index contributed by atoms with van der Waals surface area (Å²) in [6.07, 6.45) is 0.0120. The third-order valence-corrected chi connectivity index (χ3v) is 5.07. The van der Waals surface area contributed by atoms with Crippen LogP contribution in [-0.4, -0.2) is 44.1 Å². The molecule has 0 saturated heterocycles. The molecule has 1 rings (SSSR count). The highest BCUT2D eigenvalue weighted by molar-refractivity contribution is 7.89. The molecule has 0 bridgehead atoms. The van der Waals surface area contributed by atoms with Gasteiger partial charge in [-0.3, -0.25) is 0 Å². The molecular formula is C14H22FNO4S. The van der Waals surface area contributed by atoms with Crippen molar-refractivity contribution in [2.75, 3.05) is 20.2 Å². The van der Waals surface area contributed by atoms with Gasteiger partial charge >= 0.3 is 0 Å². The summed E-state index contributed by atoms with van der Waals surface area (Å²) in [4.78, 5) is -0.126. The quantitative estimate of drug-likeness (QED) is 0.830. The minimum absolute atomic E-state index is 0.0120. The van der Waals surface area contributed by atoms with Crippen molar-refractivity contribution in [3.8, 4) is 0 Å². The molecule has 1 aromatic rings. The molecule has 0 aliphatic heterocycles. The molecule has 0 atom stereocenters. The lowest BCUT2D eigenvalue weighted by atomic mass is 10.1. The van der Waals surface area contributed by atoms with Gasteiger partial charge in [0.15, 0.2) is 0 Å². The van der Waals surface area contributed by atoms with Crippen LogP contribution in [0.25, 0.3) is 0 Å². The van der Waals surface area contributed by atoms with E-state index in [2.05, 4.69) is 0 Å². The molecule has 0 saturated carbocycles. The zero-order valence-electron chi connectivity index (χ0n) is 12.8. The third kappa shape index (κ3) is 4.47. The van der Waals surface area contributed by atoms with Crippen molar-refractivity contribution in [2.24, 2.45) is 0 Å². The summed E-state index contributed by atoms with van der Waals surface area (Å²) in [7, 11) is -2.40. The molecule has 0 fully saturated rings. The Morgan fingerprint density at radius 1 is 1.38 bits per heavy atom. The number of hydrogen-bond donors (Lipinski definition) is 1. The number of benzene rings is 1. The number of rotatable bonds is 7. The van der Waals surface area contributed by atoms with Crippen LogP contribution in [0.4, 0.5) is 4.39 Å². The van der Waals surface area contributed by atoms with Crippen LogP contribution < -0.4 is 0 Å². The fourth-order valence-electron chi connectivity index (χ4n) is 1.77. The molecule has 0 unspecified atom stereocenters. The van der Waals surface area contributed by atoms with Crippen molar-refractivity contribution in [2.45, 2.75) is 38.4 Å². The second kappa shape index (κ2) is 7.31. The highest BCUT2D eigenvalue weighted by atomic mass is 32.2. The van der Waals surface area contributed by atoms with Gasteiger partial charge in [-0.1, -0.05) is 0 Å². The van der Waals surface area contributed by atoms with Gasteiger partial charge in [-0.2, -0.15) is 4.31 Å². The number of nitrogens with zero attached hydrogens (tertiary/aromatic N) is 1. The summed E-state index contributed by atoms with van der Waals surface area (Å²) in [5.74, 6) is -0.646. The van der Waals surface area contributed by atoms with Crippen molar-refractivity contribution in [1.82, 2.24) is 4.31 Å². The van der Waals surface area contributed by atoms with E-state index in [1.807, 2.05) is 13.8 Å². The SMILES string of the molecule is Cc1c(F)cc(CO)cc1S(=O)(=O)N(C)CCOC(C)C. The smallest absolute Gasteiger partial charge is 0.243 e. The van der Waals surface area contributed by atoms with Crippen LogP contribution in [0.2, 0.25) is 0 Å². The Morgan fingerprint density at radius 3 is 2.52 bits per heavy atom. The second-order valence-corrected chi connectivity index (χ2v) is 7.12. The first-order valence-corrected chi connectivity index (χ1v) is 8.12. The molecule has 0 aliphatic carbocycles. The fraction of sp³-hybridized carbons (Fsp3) is 0.571. The van der Waals surface area contributed by atoms with E-state index in [-0.39, 0.29) is 35.3 Å². The maximum atomic E-state index is 13.8. The van der Waals surface area contributed by atoms with E-state index in [0.717, 1.165) is 10.4 Å². The van der Waals surface area contributed by atoms with Gasteiger partial charge in [-0.25, -0.2) is 12.8 Å². The molecule has 1 N–H and O–H groups in total. The monoisotopic (exact) mass is 319 g/mol. The Kier molecular flexibility index (Phi) is 6.27. The van der Waals surface area contributed by atoms with E-state index < -0.39 is 22.4 Å². The van der Waals surface area contributed by atoms with E-state index in [4.69, 9.17) is 9.84 Å². The molecule has 120 valence electrons. The Labute approximate surface area is 125 Å². The highest BCUT2D eigenvalue weighted by Gasteiger charge is 2.24. The molecule has 0 aromatic heterocycles. The molecule has 7 heteroatoms. The van der Waals surface area contributed by atoms with Gasteiger partial charge < -0.3 is 9.84 Å². The van der Waals surface area contributed by atoms with Crippen LogP contribution in [0.3, 0.4) is 0 Å². The van der Waals surface area contributed by atoms with Gasteiger partial charge in [0.2, 0.25) is 10.0 Å². The number of ether oxygens (including phenoxy) is 1. The van der Waals surface area contributed by atoms with E-state index >= 15 is 0 Å². The lowest BCUT2D eigenvalue weighted by Gasteiger charge is -2.20. The minimum atomic E-state index is -3.82. The summed E-state index contributed by atoms with van der Waals surface area (Å²) in [5, 5.41) is 9.09. The molecule has 21 heavy (non-hydrogen) atoms. The first kappa shape index (κ1) is 18.0. The third-order valence-electron chi connectivity index (χ3n) is 3.08. The van der Waals surface area contributed by atoms with Gasteiger partial charge in [0.05, 0.1) is 24.2 Å². The van der Waals surface area contributed by atoms with Crippen LogP contribution in [0.1, 0.15) is 25.0 Å². The molecule has 0 spiro atoms. The van der Waals surface area contributed by atoms with Crippen LogP contribution in [0.5, 0.6) is 0 Å². The number of sulfonamides is 1. The number of aliphatic hydroxyl groups excluding tert-OH is 1. The predicted molar refractivity (Wildman–Crippen MR) is 78.0 cm³/mol. The van der Waals surface area contributed by atoms with E-state index in [1.165, 1.54) is 20.0 Å². The zero-order chi connectivity index (χ0) is 16.2. The summed E-state index contributed by atoms with van der Waals surface area (Å²) in [6, 6.07) is 2.43. The molecule has 0 aliphatic rings. The maximum absolute atomic E-state index is 13.8. The Hall–Kier alpha value is -1.02. The summed E-state index contributed by atoms with van der Waals surface area (Å²) in [6.45, 7) is 5.14. The lowest BCUT2D eigenvalue weighted by Crippen LogP contribution is -2.31. The van der Waals surface area contributed by atoms with Crippen molar-refractivity contribution in [3.05, 3.63) is 29.1 Å². The van der Waals surface area contributed by atoms with E-state index in [9.17, 15) is 12.8 Å². The molecular weight excluding hydrogens is 297 g/mol. The summed E-state index contributed by atoms with van der Waals surface area (Å²) in [5.41, 5.74) is 0.271. The van der Waals surface area contributed by atoms with Crippen LogP contribution in [0.15, 0.2) is 17.0 Å². The number of halogens is 1. The Bertz CT molecular complexity index is 587. The van der Waals surface area contributed by atoms with Gasteiger partial charge in [-0.05, 0) is 38.5 Å². The maximum Gasteiger partial charge on any atom is 0.243 e. The minimum Gasteiger partial charge on any atom is -0.392 e. The van der Waals surface area contributed by atoms with Gasteiger partial charge in [0.1, 0.15) is 5.82 Å². The zero-order valence-corrected chi connectivity index (χ0v) is 13.6. The molecule has 1 aromatic carbocycles. The molecule has 0 radical (unpaired) electrons. The Morgan fingerprint density at radius 2 is 2.00 bits per heavy atom. The van der Waals surface area contributed by atoms with Gasteiger partial charge in [0, 0.05) is 19.2 Å². The van der Waals surface area contributed by atoms with Crippen molar-refractivity contribution in [1.29, 1.82) is 0 Å². The van der Waals surface area contributed by atoms with Crippen LogP contribution >= 0.6 is 0 Å². The number of likely N-dealkylation sites (N-methyl/N-ethyl adjacent to an activating group) is 1. The van der Waals surface area contributed by atoms with Gasteiger partial charge in [0.25, 0.3) is 0 Å². The molecule has 0 amide bonds. The first-order valence-electron chi connectivity index (χ1n) is 6.68. The summed E-state index contributed by atoms with van der Waals surface area (Å²) < 4.78 is 45.1. The number of hydrogen-bond acceptors (Lipinski definition) is 4. The predicted octanol–water partition coefficient (Wildman–Crippen LogP) is 1.67. The van der Waals surface area contributed by atoms with E-state index in [0.29, 0.717) is 0 Å². The lowest BCUT2D eigenvalue weighted by molar-refractivity contribution is 0.0737. The molecule has 5 nitrogen and oxygen atoms in total. The first-order chi connectivity index (χ1) is 9.70. The largest absolute Gasteiger partial charge is 0.392 e. The van der Waals surface area contributed by atoms with Crippen LogP contribution in [-0.2, 0) is 21.4 Å².